The van der Waals surface area contributed by atoms with Gasteiger partial charge in [-0.15, -0.1) is 0 Å². The Balaban J connectivity index is 4.08. The summed E-state index contributed by atoms with van der Waals surface area (Å²) in [7, 11) is 0. The van der Waals surface area contributed by atoms with E-state index in [2.05, 4.69) is 52.2 Å². The minimum atomic E-state index is -0.389. The Hall–Kier alpha value is -0.610. The van der Waals surface area contributed by atoms with Gasteiger partial charge in [0, 0.05) is 31.2 Å². The van der Waals surface area contributed by atoms with Crippen molar-refractivity contribution in [2.45, 2.75) is 86.3 Å². The van der Waals surface area contributed by atoms with E-state index in [0.717, 1.165) is 32.4 Å². The fourth-order valence-electron chi connectivity index (χ4n) is 2.15. The van der Waals surface area contributed by atoms with Crippen molar-refractivity contribution in [3.05, 3.63) is 0 Å². The third-order valence-corrected chi connectivity index (χ3v) is 4.01. The second-order valence-electron chi connectivity index (χ2n) is 8.57. The van der Waals surface area contributed by atoms with E-state index in [-0.39, 0.29) is 16.9 Å². The maximum atomic E-state index is 12.3. The molecule has 0 aromatic carbocycles. The molecule has 0 aliphatic rings. The van der Waals surface area contributed by atoms with Gasteiger partial charge < -0.3 is 15.4 Å². The van der Waals surface area contributed by atoms with Crippen molar-refractivity contribution in [3.8, 4) is 0 Å². The van der Waals surface area contributed by atoms with Crippen LogP contribution in [0.1, 0.15) is 74.7 Å². The summed E-state index contributed by atoms with van der Waals surface area (Å²) in [6.07, 6.45) is 2.93. The fourth-order valence-corrected chi connectivity index (χ4v) is 2.15. The second kappa shape index (κ2) is 10.3. The number of hydrogen-bond acceptors (Lipinski definition) is 3. The Morgan fingerprint density at radius 3 is 2.22 bits per heavy atom. The van der Waals surface area contributed by atoms with Crippen LogP contribution in [0, 0.1) is 11.3 Å². The van der Waals surface area contributed by atoms with Crippen molar-refractivity contribution < 1.29 is 9.53 Å². The van der Waals surface area contributed by atoms with E-state index in [4.69, 9.17) is 4.74 Å². The molecule has 0 radical (unpaired) electrons. The lowest BCUT2D eigenvalue weighted by Crippen LogP contribution is -2.42. The maximum Gasteiger partial charge on any atom is 0.225 e. The fraction of sp³-hybridized carbons (Fsp3) is 0.947. The van der Waals surface area contributed by atoms with Crippen molar-refractivity contribution in [2.75, 3.05) is 19.7 Å². The molecule has 0 aromatic heterocycles. The topological polar surface area (TPSA) is 50.4 Å². The third-order valence-electron chi connectivity index (χ3n) is 4.01. The van der Waals surface area contributed by atoms with E-state index in [1.807, 2.05) is 13.8 Å². The molecule has 0 saturated carbocycles. The van der Waals surface area contributed by atoms with Gasteiger partial charge in [-0.1, -0.05) is 41.5 Å². The van der Waals surface area contributed by atoms with Gasteiger partial charge in [0.05, 0.1) is 5.60 Å². The van der Waals surface area contributed by atoms with Crippen LogP contribution in [0.4, 0.5) is 0 Å². The van der Waals surface area contributed by atoms with Gasteiger partial charge in [-0.05, 0) is 39.0 Å². The quantitative estimate of drug-likeness (QED) is 0.536. The van der Waals surface area contributed by atoms with Crippen molar-refractivity contribution in [2.24, 2.45) is 11.3 Å². The third kappa shape index (κ3) is 11.5. The predicted molar refractivity (Wildman–Crippen MR) is 98.6 cm³/mol. The molecule has 0 saturated heterocycles. The van der Waals surface area contributed by atoms with E-state index >= 15 is 0 Å². The summed E-state index contributed by atoms with van der Waals surface area (Å²) in [6, 6.07) is 0.450. The van der Waals surface area contributed by atoms with Crippen LogP contribution in [-0.2, 0) is 9.53 Å². The van der Waals surface area contributed by atoms with Crippen molar-refractivity contribution in [1.29, 1.82) is 0 Å². The lowest BCUT2D eigenvalue weighted by atomic mass is 9.88. The molecule has 0 atom stereocenters. The lowest BCUT2D eigenvalue weighted by Gasteiger charge is -2.30. The number of rotatable bonds is 12. The Kier molecular flexibility index (Phi) is 10.0. The minimum absolute atomic E-state index is 0.128. The van der Waals surface area contributed by atoms with Gasteiger partial charge in [-0.25, -0.2) is 0 Å². The van der Waals surface area contributed by atoms with Crippen LogP contribution < -0.4 is 10.6 Å². The molecule has 0 rings (SSSR count). The first-order valence-electron chi connectivity index (χ1n) is 9.12. The average Bonchev–Trinajstić information content (AvgIpc) is 2.40. The first kappa shape index (κ1) is 22.4. The zero-order valence-corrected chi connectivity index (χ0v) is 16.7. The molecule has 0 fully saturated rings. The van der Waals surface area contributed by atoms with Gasteiger partial charge >= 0.3 is 0 Å². The van der Waals surface area contributed by atoms with Gasteiger partial charge in [0.2, 0.25) is 5.91 Å². The largest absolute Gasteiger partial charge is 0.374 e. The summed E-state index contributed by atoms with van der Waals surface area (Å²) in [5.74, 6) is 0.818. The van der Waals surface area contributed by atoms with Crippen LogP contribution in [-0.4, -0.2) is 37.2 Å². The van der Waals surface area contributed by atoms with Gasteiger partial charge in [0.25, 0.3) is 0 Å². The van der Waals surface area contributed by atoms with Crippen LogP contribution in [0.25, 0.3) is 0 Å². The molecular formula is C19H40N2O2. The molecule has 1 amide bonds. The second-order valence-corrected chi connectivity index (χ2v) is 8.57. The number of carbonyl (C=O) groups excluding carboxylic acids is 1. The first-order chi connectivity index (χ1) is 10.5. The molecule has 0 bridgehead atoms. The van der Waals surface area contributed by atoms with Gasteiger partial charge in [-0.3, -0.25) is 4.79 Å². The first-order valence-corrected chi connectivity index (χ1v) is 9.12. The summed E-state index contributed by atoms with van der Waals surface area (Å²) >= 11 is 0. The van der Waals surface area contributed by atoms with E-state index in [1.165, 1.54) is 0 Å². The summed E-state index contributed by atoms with van der Waals surface area (Å²) in [5, 5.41) is 6.45. The van der Waals surface area contributed by atoms with Crippen LogP contribution in [0.5, 0.6) is 0 Å². The normalized spacial score (nSPS) is 13.0. The Morgan fingerprint density at radius 2 is 1.70 bits per heavy atom. The van der Waals surface area contributed by atoms with Gasteiger partial charge in [0.15, 0.2) is 0 Å². The molecule has 23 heavy (non-hydrogen) atoms. The van der Waals surface area contributed by atoms with E-state index in [1.54, 1.807) is 0 Å². The zero-order chi connectivity index (χ0) is 18.1. The molecule has 0 aromatic rings. The number of amides is 1. The maximum absolute atomic E-state index is 12.3. The standard InChI is InChI=1S/C19H40N2O2/c1-15(2)10-9-12-20-17(22)18(5,6)11-13-23-19(7,8)14-21-16(3)4/h15-16,21H,9-14H2,1-8H3,(H,20,22). The molecule has 2 N–H and O–H groups in total. The summed E-state index contributed by atoms with van der Waals surface area (Å²) < 4.78 is 5.98. The van der Waals surface area contributed by atoms with E-state index in [0.29, 0.717) is 18.6 Å². The highest BCUT2D eigenvalue weighted by Gasteiger charge is 2.28. The summed E-state index contributed by atoms with van der Waals surface area (Å²) in [4.78, 5) is 12.3. The highest BCUT2D eigenvalue weighted by Crippen LogP contribution is 2.22. The Bertz CT molecular complexity index is 336. The molecule has 4 nitrogen and oxygen atoms in total. The lowest BCUT2D eigenvalue weighted by molar-refractivity contribution is -0.131. The number of hydrogen-bond donors (Lipinski definition) is 2. The number of nitrogens with one attached hydrogen (secondary N) is 2. The zero-order valence-electron chi connectivity index (χ0n) is 16.7. The molecule has 0 heterocycles. The molecule has 4 heteroatoms. The number of carbonyl (C=O) groups is 1. The van der Waals surface area contributed by atoms with Crippen LogP contribution in [0.15, 0.2) is 0 Å². The van der Waals surface area contributed by atoms with Crippen LogP contribution in [0.2, 0.25) is 0 Å². The van der Waals surface area contributed by atoms with Crippen LogP contribution in [0.3, 0.4) is 0 Å². The Morgan fingerprint density at radius 1 is 1.09 bits per heavy atom. The summed E-state index contributed by atoms with van der Waals surface area (Å²) in [6.45, 7) is 19.0. The molecule has 138 valence electrons. The highest BCUT2D eigenvalue weighted by molar-refractivity contribution is 5.81. The van der Waals surface area contributed by atoms with Gasteiger partial charge in [-0.2, -0.15) is 0 Å². The van der Waals surface area contributed by atoms with E-state index < -0.39 is 0 Å². The Labute approximate surface area is 144 Å². The monoisotopic (exact) mass is 328 g/mol. The van der Waals surface area contributed by atoms with Crippen molar-refractivity contribution in [1.82, 2.24) is 10.6 Å². The molecular weight excluding hydrogens is 288 g/mol. The predicted octanol–water partition coefficient (Wildman–Crippen LogP) is 3.75. The SMILES string of the molecule is CC(C)CCCNC(=O)C(C)(C)CCOC(C)(C)CNC(C)C. The van der Waals surface area contributed by atoms with Crippen molar-refractivity contribution in [3.63, 3.8) is 0 Å². The minimum Gasteiger partial charge on any atom is -0.374 e. The van der Waals surface area contributed by atoms with Crippen LogP contribution >= 0.6 is 0 Å². The van der Waals surface area contributed by atoms with E-state index in [9.17, 15) is 4.79 Å². The number of ether oxygens (including phenoxy) is 1. The molecule has 0 unspecified atom stereocenters. The highest BCUT2D eigenvalue weighted by atomic mass is 16.5. The molecule has 0 aliphatic heterocycles. The smallest absolute Gasteiger partial charge is 0.225 e. The van der Waals surface area contributed by atoms with Gasteiger partial charge in [0.1, 0.15) is 0 Å². The summed E-state index contributed by atoms with van der Waals surface area (Å²) in [5.41, 5.74) is -0.604. The van der Waals surface area contributed by atoms with Crippen molar-refractivity contribution >= 4 is 5.91 Å². The average molecular weight is 329 g/mol. The molecule has 0 aliphatic carbocycles. The molecule has 0 spiro atoms.